The number of morpholine rings is 1. The van der Waals surface area contributed by atoms with E-state index in [0.29, 0.717) is 6.04 Å². The summed E-state index contributed by atoms with van der Waals surface area (Å²) in [5.74, 6) is 0. The van der Waals surface area contributed by atoms with Crippen LogP contribution in [0.4, 0.5) is 5.69 Å². The van der Waals surface area contributed by atoms with Gasteiger partial charge < -0.3 is 9.64 Å². The standard InChI is InChI=1S/C17H26ClN3O/c1-15(14-19-10-12-22-13-11-19)20-6-8-21(9-7-20)17-4-2-16(18)3-5-17/h2-5,15H,6-14H2,1H3. The number of nitrogens with zero attached hydrogens (tertiary/aromatic N) is 3. The number of piperazine rings is 1. The van der Waals surface area contributed by atoms with Gasteiger partial charge in [0.15, 0.2) is 0 Å². The van der Waals surface area contributed by atoms with E-state index < -0.39 is 0 Å². The molecule has 22 heavy (non-hydrogen) atoms. The lowest BCUT2D eigenvalue weighted by Crippen LogP contribution is -2.53. The summed E-state index contributed by atoms with van der Waals surface area (Å²) in [6.45, 7) is 11.9. The van der Waals surface area contributed by atoms with Crippen LogP contribution in [0.3, 0.4) is 0 Å². The normalized spacial score (nSPS) is 22.7. The van der Waals surface area contributed by atoms with Crippen molar-refractivity contribution < 1.29 is 4.74 Å². The number of anilines is 1. The molecule has 0 spiro atoms. The molecule has 2 saturated heterocycles. The van der Waals surface area contributed by atoms with E-state index in [1.54, 1.807) is 0 Å². The van der Waals surface area contributed by atoms with Crippen LogP contribution in [0.5, 0.6) is 0 Å². The maximum absolute atomic E-state index is 5.97. The lowest BCUT2D eigenvalue weighted by Gasteiger charge is -2.41. The minimum absolute atomic E-state index is 0.616. The molecular weight excluding hydrogens is 298 g/mol. The summed E-state index contributed by atoms with van der Waals surface area (Å²) < 4.78 is 5.43. The van der Waals surface area contributed by atoms with Gasteiger partial charge in [0.25, 0.3) is 0 Å². The predicted molar refractivity (Wildman–Crippen MR) is 92.0 cm³/mol. The number of ether oxygens (including phenoxy) is 1. The van der Waals surface area contributed by atoms with Crippen molar-refractivity contribution in [3.63, 3.8) is 0 Å². The molecule has 122 valence electrons. The van der Waals surface area contributed by atoms with Gasteiger partial charge in [-0.25, -0.2) is 0 Å². The molecule has 0 bridgehead atoms. The summed E-state index contributed by atoms with van der Waals surface area (Å²) in [5.41, 5.74) is 1.28. The van der Waals surface area contributed by atoms with E-state index in [0.717, 1.165) is 64.0 Å². The van der Waals surface area contributed by atoms with E-state index in [1.807, 2.05) is 12.1 Å². The molecule has 2 heterocycles. The van der Waals surface area contributed by atoms with Gasteiger partial charge in [0.1, 0.15) is 0 Å². The summed E-state index contributed by atoms with van der Waals surface area (Å²) in [6, 6.07) is 8.81. The zero-order chi connectivity index (χ0) is 15.4. The quantitative estimate of drug-likeness (QED) is 0.845. The molecule has 0 aliphatic carbocycles. The molecule has 1 atom stereocenters. The molecule has 2 aliphatic rings. The Hall–Kier alpha value is -0.810. The monoisotopic (exact) mass is 323 g/mol. The number of rotatable bonds is 4. The Morgan fingerprint density at radius 2 is 1.64 bits per heavy atom. The highest BCUT2D eigenvalue weighted by atomic mass is 35.5. The van der Waals surface area contributed by atoms with Crippen molar-refractivity contribution in [3.05, 3.63) is 29.3 Å². The highest BCUT2D eigenvalue weighted by Gasteiger charge is 2.23. The first-order chi connectivity index (χ1) is 10.7. The van der Waals surface area contributed by atoms with E-state index in [1.165, 1.54) is 5.69 Å². The van der Waals surface area contributed by atoms with Crippen LogP contribution in [-0.2, 0) is 4.74 Å². The smallest absolute Gasteiger partial charge is 0.0594 e. The lowest BCUT2D eigenvalue weighted by atomic mass is 10.2. The predicted octanol–water partition coefficient (Wildman–Crippen LogP) is 2.18. The summed E-state index contributed by atoms with van der Waals surface area (Å²) in [5, 5.41) is 0.807. The van der Waals surface area contributed by atoms with Crippen molar-refractivity contribution in [3.8, 4) is 0 Å². The van der Waals surface area contributed by atoms with E-state index in [4.69, 9.17) is 16.3 Å². The Balaban J connectivity index is 1.47. The molecule has 4 nitrogen and oxygen atoms in total. The van der Waals surface area contributed by atoms with Crippen molar-refractivity contribution in [2.75, 3.05) is 63.9 Å². The van der Waals surface area contributed by atoms with Crippen LogP contribution in [0.25, 0.3) is 0 Å². The van der Waals surface area contributed by atoms with Crippen molar-refractivity contribution in [2.24, 2.45) is 0 Å². The molecule has 3 rings (SSSR count). The fourth-order valence-electron chi connectivity index (χ4n) is 3.35. The van der Waals surface area contributed by atoms with Crippen LogP contribution in [-0.4, -0.2) is 74.9 Å². The number of hydrogen-bond acceptors (Lipinski definition) is 4. The van der Waals surface area contributed by atoms with Crippen molar-refractivity contribution in [1.82, 2.24) is 9.80 Å². The minimum Gasteiger partial charge on any atom is -0.379 e. The topological polar surface area (TPSA) is 19.0 Å². The molecule has 0 radical (unpaired) electrons. The molecule has 1 aromatic rings. The average Bonchev–Trinajstić information content (AvgIpc) is 2.57. The first-order valence-corrected chi connectivity index (χ1v) is 8.65. The SMILES string of the molecule is CC(CN1CCOCC1)N1CCN(c2ccc(Cl)cc2)CC1. The van der Waals surface area contributed by atoms with Crippen molar-refractivity contribution >= 4 is 17.3 Å². The largest absolute Gasteiger partial charge is 0.379 e. The van der Waals surface area contributed by atoms with Gasteiger partial charge in [-0.05, 0) is 31.2 Å². The molecule has 0 N–H and O–H groups in total. The highest BCUT2D eigenvalue weighted by molar-refractivity contribution is 6.30. The summed E-state index contributed by atoms with van der Waals surface area (Å²) in [6.07, 6.45) is 0. The molecule has 2 aliphatic heterocycles. The molecule has 2 fully saturated rings. The van der Waals surface area contributed by atoms with Crippen LogP contribution in [0, 0.1) is 0 Å². The van der Waals surface area contributed by atoms with Gasteiger partial charge in [-0.2, -0.15) is 0 Å². The molecule has 1 aromatic carbocycles. The minimum atomic E-state index is 0.616. The number of halogens is 1. The molecule has 0 saturated carbocycles. The van der Waals surface area contributed by atoms with Crippen LogP contribution in [0.1, 0.15) is 6.92 Å². The van der Waals surface area contributed by atoms with Gasteiger partial charge in [0, 0.05) is 62.6 Å². The fourth-order valence-corrected chi connectivity index (χ4v) is 3.47. The molecule has 1 unspecified atom stereocenters. The molecule has 0 amide bonds. The van der Waals surface area contributed by atoms with Crippen LogP contribution >= 0.6 is 11.6 Å². The Morgan fingerprint density at radius 1 is 1.00 bits per heavy atom. The Morgan fingerprint density at radius 3 is 2.27 bits per heavy atom. The summed E-state index contributed by atoms with van der Waals surface area (Å²) in [4.78, 5) is 7.59. The zero-order valence-corrected chi connectivity index (χ0v) is 14.1. The second kappa shape index (κ2) is 7.64. The first-order valence-electron chi connectivity index (χ1n) is 8.27. The highest BCUT2D eigenvalue weighted by Crippen LogP contribution is 2.20. The second-order valence-corrected chi connectivity index (χ2v) is 6.70. The average molecular weight is 324 g/mol. The maximum Gasteiger partial charge on any atom is 0.0594 e. The third kappa shape index (κ3) is 4.13. The van der Waals surface area contributed by atoms with Gasteiger partial charge in [-0.1, -0.05) is 11.6 Å². The van der Waals surface area contributed by atoms with Gasteiger partial charge in [-0.15, -0.1) is 0 Å². The van der Waals surface area contributed by atoms with Crippen LogP contribution in [0.15, 0.2) is 24.3 Å². The summed E-state index contributed by atoms with van der Waals surface area (Å²) in [7, 11) is 0. The Kier molecular flexibility index (Phi) is 5.58. The Labute approximate surface area is 138 Å². The van der Waals surface area contributed by atoms with Gasteiger partial charge >= 0.3 is 0 Å². The Bertz CT molecular complexity index is 453. The molecular formula is C17H26ClN3O. The zero-order valence-electron chi connectivity index (χ0n) is 13.4. The molecule has 5 heteroatoms. The molecule has 0 aromatic heterocycles. The third-order valence-electron chi connectivity index (χ3n) is 4.76. The summed E-state index contributed by atoms with van der Waals surface area (Å²) >= 11 is 5.97. The van der Waals surface area contributed by atoms with E-state index in [-0.39, 0.29) is 0 Å². The van der Waals surface area contributed by atoms with E-state index >= 15 is 0 Å². The third-order valence-corrected chi connectivity index (χ3v) is 5.01. The van der Waals surface area contributed by atoms with Gasteiger partial charge in [0.2, 0.25) is 0 Å². The number of benzene rings is 1. The van der Waals surface area contributed by atoms with Gasteiger partial charge in [-0.3, -0.25) is 9.80 Å². The van der Waals surface area contributed by atoms with Crippen LogP contribution in [0.2, 0.25) is 5.02 Å². The van der Waals surface area contributed by atoms with Crippen LogP contribution < -0.4 is 4.90 Å². The van der Waals surface area contributed by atoms with E-state index in [2.05, 4.69) is 33.8 Å². The van der Waals surface area contributed by atoms with Gasteiger partial charge in [0.05, 0.1) is 13.2 Å². The van der Waals surface area contributed by atoms with E-state index in [9.17, 15) is 0 Å². The lowest BCUT2D eigenvalue weighted by molar-refractivity contribution is 0.0239. The first kappa shape index (κ1) is 16.1. The fraction of sp³-hybridized carbons (Fsp3) is 0.647. The van der Waals surface area contributed by atoms with Crippen molar-refractivity contribution in [2.45, 2.75) is 13.0 Å². The maximum atomic E-state index is 5.97. The van der Waals surface area contributed by atoms with Crippen molar-refractivity contribution in [1.29, 1.82) is 0 Å². The second-order valence-electron chi connectivity index (χ2n) is 6.26. The number of hydrogen-bond donors (Lipinski definition) is 0.